The van der Waals surface area contributed by atoms with E-state index in [2.05, 4.69) is 13.0 Å². The van der Waals surface area contributed by atoms with Gasteiger partial charge in [0.05, 0.1) is 22.4 Å². The van der Waals surface area contributed by atoms with E-state index >= 15 is 0 Å². The average Bonchev–Trinajstić information content (AvgIpc) is 2.93. The molecule has 0 N–H and O–H groups in total. The quantitative estimate of drug-likeness (QED) is 0.473. The lowest BCUT2D eigenvalue weighted by Gasteiger charge is -2.14. The first-order chi connectivity index (χ1) is 12.4. The number of nitriles is 1. The van der Waals surface area contributed by atoms with Crippen LogP contribution < -0.4 is 5.56 Å². The van der Waals surface area contributed by atoms with Gasteiger partial charge in [-0.1, -0.05) is 24.8 Å². The van der Waals surface area contributed by atoms with Crippen molar-refractivity contribution in [2.24, 2.45) is 0 Å². The van der Waals surface area contributed by atoms with E-state index in [9.17, 15) is 10.1 Å². The molecule has 26 heavy (non-hydrogen) atoms. The van der Waals surface area contributed by atoms with E-state index in [-0.39, 0.29) is 10.8 Å². The van der Waals surface area contributed by atoms with Crippen LogP contribution in [0, 0.1) is 32.1 Å². The highest BCUT2D eigenvalue weighted by atomic mass is 32.2. The molecule has 4 nitrogen and oxygen atoms in total. The van der Waals surface area contributed by atoms with Crippen LogP contribution in [-0.4, -0.2) is 14.8 Å². The molecule has 3 aromatic rings. The predicted molar refractivity (Wildman–Crippen MR) is 110 cm³/mol. The number of rotatable bonds is 4. The minimum absolute atomic E-state index is 0.0490. The fraction of sp³-hybridized carbons (Fsp3) is 0.350. The molecule has 0 saturated heterocycles. The molecule has 0 radical (unpaired) electrons. The molecule has 0 amide bonds. The first-order valence-electron chi connectivity index (χ1n) is 8.56. The normalized spacial score (nSPS) is 12.3. The number of aryl methyl sites for hydroxylation is 4. The third-order valence-corrected chi connectivity index (χ3v) is 6.55. The van der Waals surface area contributed by atoms with E-state index in [4.69, 9.17) is 4.98 Å². The Hall–Kier alpha value is -2.10. The number of thiophene rings is 1. The summed E-state index contributed by atoms with van der Waals surface area (Å²) >= 11 is 2.88. The largest absolute Gasteiger partial charge is 0.268 e. The maximum atomic E-state index is 13.4. The van der Waals surface area contributed by atoms with Crippen LogP contribution in [0.4, 0.5) is 0 Å². The summed E-state index contributed by atoms with van der Waals surface area (Å²) in [6.45, 7) is 10.0. The molecule has 6 heteroatoms. The second-order valence-corrected chi connectivity index (χ2v) is 8.87. The molecule has 0 unspecified atom stereocenters. The van der Waals surface area contributed by atoms with E-state index in [0.29, 0.717) is 10.5 Å². The first kappa shape index (κ1) is 18.7. The number of nitrogens with zero attached hydrogens (tertiary/aromatic N) is 3. The topological polar surface area (TPSA) is 58.7 Å². The zero-order valence-corrected chi connectivity index (χ0v) is 17.2. The Kier molecular flexibility index (Phi) is 5.22. The molecule has 0 fully saturated rings. The summed E-state index contributed by atoms with van der Waals surface area (Å²) in [5.41, 5.74) is 4.12. The molecule has 0 saturated carbocycles. The molecule has 0 aliphatic heterocycles. The van der Waals surface area contributed by atoms with Crippen molar-refractivity contribution in [2.75, 3.05) is 0 Å². The number of hydrogen-bond acceptors (Lipinski definition) is 5. The third kappa shape index (κ3) is 3.17. The van der Waals surface area contributed by atoms with Crippen LogP contribution in [0.15, 0.2) is 28.2 Å². The second-order valence-electron chi connectivity index (χ2n) is 6.36. The molecule has 1 atom stereocenters. The van der Waals surface area contributed by atoms with E-state index in [1.54, 1.807) is 15.9 Å². The van der Waals surface area contributed by atoms with Crippen LogP contribution in [0.5, 0.6) is 0 Å². The zero-order chi connectivity index (χ0) is 19.0. The molecule has 0 spiro atoms. The highest BCUT2D eigenvalue weighted by Crippen LogP contribution is 2.31. The first-order valence-corrected chi connectivity index (χ1v) is 10.3. The summed E-state index contributed by atoms with van der Waals surface area (Å²) in [6.07, 6.45) is 0.802. The molecular formula is C20H21N3OS2. The average molecular weight is 384 g/mol. The second kappa shape index (κ2) is 7.26. The van der Waals surface area contributed by atoms with Gasteiger partial charge in [0.2, 0.25) is 0 Å². The summed E-state index contributed by atoms with van der Waals surface area (Å²) in [6, 6.07) is 8.19. The third-order valence-electron chi connectivity index (χ3n) is 4.56. The molecule has 0 aliphatic carbocycles. The van der Waals surface area contributed by atoms with Gasteiger partial charge in [-0.2, -0.15) is 5.26 Å². The van der Waals surface area contributed by atoms with Crippen molar-refractivity contribution < 1.29 is 0 Å². The van der Waals surface area contributed by atoms with Crippen molar-refractivity contribution in [3.05, 3.63) is 50.1 Å². The summed E-state index contributed by atoms with van der Waals surface area (Å²) in [7, 11) is 0. The van der Waals surface area contributed by atoms with Gasteiger partial charge in [0.15, 0.2) is 5.16 Å². The fourth-order valence-electron chi connectivity index (χ4n) is 2.98. The summed E-state index contributed by atoms with van der Waals surface area (Å²) in [4.78, 5) is 20.1. The van der Waals surface area contributed by atoms with Crippen molar-refractivity contribution in [1.82, 2.24) is 9.55 Å². The van der Waals surface area contributed by atoms with Crippen LogP contribution in [0.2, 0.25) is 0 Å². The molecule has 134 valence electrons. The smallest absolute Gasteiger partial charge is 0.267 e. The number of fused-ring (bicyclic) bond motifs is 1. The molecule has 2 aromatic heterocycles. The van der Waals surface area contributed by atoms with E-state index in [1.165, 1.54) is 17.3 Å². The van der Waals surface area contributed by atoms with Gasteiger partial charge in [0, 0.05) is 4.88 Å². The monoisotopic (exact) mass is 383 g/mol. The number of thioether (sulfide) groups is 1. The molecular weight excluding hydrogens is 362 g/mol. The van der Waals surface area contributed by atoms with Gasteiger partial charge in [0.25, 0.3) is 5.56 Å². The minimum atomic E-state index is -0.288. The van der Waals surface area contributed by atoms with Crippen LogP contribution in [0.3, 0.4) is 0 Å². The number of aromatic nitrogens is 2. The van der Waals surface area contributed by atoms with Crippen LogP contribution in [0.25, 0.3) is 15.9 Å². The van der Waals surface area contributed by atoms with Crippen molar-refractivity contribution >= 4 is 33.3 Å². The van der Waals surface area contributed by atoms with Gasteiger partial charge < -0.3 is 0 Å². The highest BCUT2D eigenvalue weighted by Gasteiger charge is 2.20. The summed E-state index contributed by atoms with van der Waals surface area (Å²) in [5, 5.41) is 10.2. The molecule has 1 aromatic carbocycles. The Bertz CT molecular complexity index is 1090. The lowest BCUT2D eigenvalue weighted by Crippen LogP contribution is -2.22. The zero-order valence-electron chi connectivity index (χ0n) is 15.6. The van der Waals surface area contributed by atoms with Crippen LogP contribution in [0.1, 0.15) is 35.4 Å². The highest BCUT2D eigenvalue weighted by molar-refractivity contribution is 8.00. The number of benzene rings is 1. The predicted octanol–water partition coefficient (Wildman–Crippen LogP) is 4.94. The summed E-state index contributed by atoms with van der Waals surface area (Å²) in [5.74, 6) is 0. The number of hydrogen-bond donors (Lipinski definition) is 0. The van der Waals surface area contributed by atoms with Gasteiger partial charge in [-0.3, -0.25) is 9.36 Å². The lowest BCUT2D eigenvalue weighted by molar-refractivity contribution is 0.818. The Labute approximate surface area is 161 Å². The maximum absolute atomic E-state index is 13.4. The molecule has 2 heterocycles. The van der Waals surface area contributed by atoms with E-state index < -0.39 is 0 Å². The van der Waals surface area contributed by atoms with Gasteiger partial charge in [-0.15, -0.1) is 11.3 Å². The van der Waals surface area contributed by atoms with Crippen molar-refractivity contribution in [3.8, 4) is 11.8 Å². The standard InChI is InChI=1S/C20H21N3OS2/c1-6-16-14(5)26-18-17(16)19(24)23(20(22-18)25-13(4)10-21)15-8-7-11(2)12(3)9-15/h7-9,13H,6H2,1-5H3/t13-/m0/s1. The van der Waals surface area contributed by atoms with Gasteiger partial charge >= 0.3 is 0 Å². The van der Waals surface area contributed by atoms with Gasteiger partial charge in [-0.25, -0.2) is 4.98 Å². The fourth-order valence-corrected chi connectivity index (χ4v) is 4.95. The van der Waals surface area contributed by atoms with Gasteiger partial charge in [-0.05, 0) is 62.9 Å². The van der Waals surface area contributed by atoms with E-state index in [1.807, 2.05) is 45.9 Å². The van der Waals surface area contributed by atoms with Crippen molar-refractivity contribution in [3.63, 3.8) is 0 Å². The lowest BCUT2D eigenvalue weighted by atomic mass is 10.1. The van der Waals surface area contributed by atoms with Crippen LogP contribution >= 0.6 is 23.1 Å². The Balaban J connectivity index is 2.38. The molecule has 0 bridgehead atoms. The van der Waals surface area contributed by atoms with Crippen molar-refractivity contribution in [1.29, 1.82) is 5.26 Å². The molecule has 0 aliphatic rings. The van der Waals surface area contributed by atoms with E-state index in [0.717, 1.165) is 32.9 Å². The Morgan fingerprint density at radius 1 is 1.31 bits per heavy atom. The minimum Gasteiger partial charge on any atom is -0.268 e. The maximum Gasteiger partial charge on any atom is 0.267 e. The Morgan fingerprint density at radius 3 is 2.65 bits per heavy atom. The van der Waals surface area contributed by atoms with Crippen LogP contribution in [-0.2, 0) is 6.42 Å². The van der Waals surface area contributed by atoms with Crippen molar-refractivity contribution in [2.45, 2.75) is 51.4 Å². The van der Waals surface area contributed by atoms with Gasteiger partial charge in [0.1, 0.15) is 4.83 Å². The SMILES string of the molecule is CCc1c(C)sc2nc(S[C@@H](C)C#N)n(-c3ccc(C)c(C)c3)c(=O)c12. The Morgan fingerprint density at radius 2 is 2.04 bits per heavy atom. The molecule has 3 rings (SSSR count). The summed E-state index contributed by atoms with van der Waals surface area (Å²) < 4.78 is 1.67.